The van der Waals surface area contributed by atoms with Crippen LogP contribution in [0.4, 0.5) is 4.79 Å². The van der Waals surface area contributed by atoms with Crippen LogP contribution >= 0.6 is 22.9 Å². The van der Waals surface area contributed by atoms with E-state index >= 15 is 0 Å². The molecule has 3 aromatic rings. The quantitative estimate of drug-likeness (QED) is 0.484. The minimum atomic E-state index is -3.94. The van der Waals surface area contributed by atoms with E-state index in [1.54, 1.807) is 57.4 Å². The highest BCUT2D eigenvalue weighted by Gasteiger charge is 2.37. The second kappa shape index (κ2) is 10.5. The van der Waals surface area contributed by atoms with Crippen molar-refractivity contribution in [2.45, 2.75) is 39.0 Å². The van der Waals surface area contributed by atoms with E-state index < -0.39 is 46.8 Å². The fraction of sp³-hybridized carbons (Fsp3) is 0.375. The molecule has 1 atom stereocenters. The molecule has 1 amide bonds. The molecule has 13 heteroatoms. The van der Waals surface area contributed by atoms with Crippen molar-refractivity contribution in [2.24, 2.45) is 0 Å². The summed E-state index contributed by atoms with van der Waals surface area (Å²) in [6, 6.07) is 5.94. The standard InChI is InChI=1S/C24H27ClN4O6S2/c1-24(2,3)35-23(32)29-17(10-16-11-26-8-6-20(16)29)13-28-18(15-30)12-27(14-22(28)31)37(33,34)9-7-19-4-5-21(25)36-19/h4-11,18,30H,12-15H2,1-3H3. The van der Waals surface area contributed by atoms with Crippen molar-refractivity contribution < 1.29 is 27.9 Å². The van der Waals surface area contributed by atoms with Gasteiger partial charge in [0.15, 0.2) is 0 Å². The maximum atomic E-state index is 13.2. The van der Waals surface area contributed by atoms with Gasteiger partial charge in [-0.15, -0.1) is 11.3 Å². The first kappa shape index (κ1) is 27.3. The van der Waals surface area contributed by atoms with Crippen LogP contribution in [0.3, 0.4) is 0 Å². The summed E-state index contributed by atoms with van der Waals surface area (Å²) in [5.41, 5.74) is 0.269. The molecule has 1 fully saturated rings. The van der Waals surface area contributed by atoms with Crippen molar-refractivity contribution in [1.82, 2.24) is 18.8 Å². The number of nitrogens with zero attached hydrogens (tertiary/aromatic N) is 4. The number of ether oxygens (including phenoxy) is 1. The van der Waals surface area contributed by atoms with Crippen molar-refractivity contribution in [3.05, 3.63) is 57.0 Å². The molecule has 1 aliphatic heterocycles. The number of piperazine rings is 1. The normalized spacial score (nSPS) is 17.7. The van der Waals surface area contributed by atoms with E-state index in [1.165, 1.54) is 26.9 Å². The number of sulfonamides is 1. The summed E-state index contributed by atoms with van der Waals surface area (Å²) in [7, 11) is -3.94. The van der Waals surface area contributed by atoms with Crippen molar-refractivity contribution in [3.8, 4) is 0 Å². The zero-order chi connectivity index (χ0) is 27.0. The maximum Gasteiger partial charge on any atom is 0.419 e. The van der Waals surface area contributed by atoms with E-state index in [2.05, 4.69) is 4.98 Å². The number of thiophene rings is 1. The average Bonchev–Trinajstić information content (AvgIpc) is 3.40. The molecule has 3 aromatic heterocycles. The van der Waals surface area contributed by atoms with E-state index in [0.717, 1.165) is 9.71 Å². The van der Waals surface area contributed by atoms with Gasteiger partial charge in [-0.25, -0.2) is 17.8 Å². The van der Waals surface area contributed by atoms with Gasteiger partial charge in [0.2, 0.25) is 15.9 Å². The molecule has 0 radical (unpaired) electrons. The van der Waals surface area contributed by atoms with Crippen LogP contribution in [0, 0.1) is 0 Å². The van der Waals surface area contributed by atoms with Crippen LogP contribution in [-0.2, 0) is 26.1 Å². The van der Waals surface area contributed by atoms with Crippen LogP contribution in [-0.4, -0.2) is 75.6 Å². The number of halogens is 1. The maximum absolute atomic E-state index is 13.2. The van der Waals surface area contributed by atoms with Crippen molar-refractivity contribution >= 4 is 61.9 Å². The summed E-state index contributed by atoms with van der Waals surface area (Å²) in [5.74, 6) is -0.499. The SMILES string of the molecule is CC(C)(C)OC(=O)n1c(CN2C(=O)CN(S(=O)(=O)C=Cc3ccc(Cl)s3)CC2CO)cc2cnccc21. The minimum absolute atomic E-state index is 0.0323. The number of rotatable bonds is 6. The van der Waals surface area contributed by atoms with Crippen molar-refractivity contribution in [3.63, 3.8) is 0 Å². The molecule has 37 heavy (non-hydrogen) atoms. The Labute approximate surface area is 223 Å². The van der Waals surface area contributed by atoms with Gasteiger partial charge in [-0.05, 0) is 51.1 Å². The zero-order valence-electron chi connectivity index (χ0n) is 20.5. The Bertz CT molecular complexity index is 1460. The number of amides is 1. The molecule has 1 aliphatic rings. The first-order chi connectivity index (χ1) is 17.4. The Kier molecular flexibility index (Phi) is 7.77. The van der Waals surface area contributed by atoms with E-state index in [0.29, 0.717) is 25.8 Å². The van der Waals surface area contributed by atoms with Crippen LogP contribution in [0.2, 0.25) is 4.34 Å². The van der Waals surface area contributed by atoms with Crippen molar-refractivity contribution in [1.29, 1.82) is 0 Å². The number of fused-ring (bicyclic) bond motifs is 1. The predicted molar refractivity (Wildman–Crippen MR) is 142 cm³/mol. The zero-order valence-corrected chi connectivity index (χ0v) is 22.9. The Balaban J connectivity index is 1.59. The third-order valence-corrected chi connectivity index (χ3v) is 8.32. The topological polar surface area (TPSA) is 122 Å². The van der Waals surface area contributed by atoms with Gasteiger partial charge >= 0.3 is 6.09 Å². The lowest BCUT2D eigenvalue weighted by atomic mass is 10.2. The Morgan fingerprint density at radius 1 is 1.32 bits per heavy atom. The lowest BCUT2D eigenvalue weighted by Crippen LogP contribution is -2.58. The summed E-state index contributed by atoms with van der Waals surface area (Å²) < 4.78 is 34.3. The summed E-state index contributed by atoms with van der Waals surface area (Å²) >= 11 is 7.13. The molecule has 4 heterocycles. The fourth-order valence-corrected chi connectivity index (χ4v) is 6.21. The number of carbonyl (C=O) groups excluding carboxylic acids is 2. The predicted octanol–water partition coefficient (Wildman–Crippen LogP) is 3.54. The van der Waals surface area contributed by atoms with E-state index in [-0.39, 0.29) is 13.1 Å². The van der Waals surface area contributed by atoms with Gasteiger partial charge in [0.05, 0.1) is 35.6 Å². The molecule has 0 aliphatic carbocycles. The monoisotopic (exact) mass is 566 g/mol. The lowest BCUT2D eigenvalue weighted by Gasteiger charge is -2.39. The highest BCUT2D eigenvalue weighted by atomic mass is 35.5. The van der Waals surface area contributed by atoms with Gasteiger partial charge in [0.25, 0.3) is 0 Å². The molecular formula is C24H27ClN4O6S2. The Morgan fingerprint density at radius 3 is 2.73 bits per heavy atom. The van der Waals surface area contributed by atoms with Crippen LogP contribution in [0.25, 0.3) is 17.0 Å². The highest BCUT2D eigenvalue weighted by molar-refractivity contribution is 7.92. The number of carbonyl (C=O) groups is 2. The number of aromatic nitrogens is 2. The smallest absolute Gasteiger partial charge is 0.419 e. The van der Waals surface area contributed by atoms with Crippen LogP contribution in [0.5, 0.6) is 0 Å². The number of hydrogen-bond donors (Lipinski definition) is 1. The van der Waals surface area contributed by atoms with Gasteiger partial charge < -0.3 is 14.7 Å². The van der Waals surface area contributed by atoms with Crippen LogP contribution in [0.15, 0.2) is 42.1 Å². The number of pyridine rings is 1. The van der Waals surface area contributed by atoms with Crippen molar-refractivity contribution in [2.75, 3.05) is 19.7 Å². The van der Waals surface area contributed by atoms with Gasteiger partial charge in [-0.2, -0.15) is 4.31 Å². The minimum Gasteiger partial charge on any atom is -0.443 e. The first-order valence-electron chi connectivity index (χ1n) is 11.4. The molecule has 1 saturated heterocycles. The second-order valence-corrected chi connectivity index (χ2v) is 13.1. The third-order valence-electron chi connectivity index (χ3n) is 5.64. The number of hydrogen-bond acceptors (Lipinski definition) is 8. The highest BCUT2D eigenvalue weighted by Crippen LogP contribution is 2.26. The molecule has 0 saturated carbocycles. The fourth-order valence-electron chi connectivity index (χ4n) is 3.99. The molecule has 0 spiro atoms. The summed E-state index contributed by atoms with van der Waals surface area (Å²) in [4.78, 5) is 32.4. The lowest BCUT2D eigenvalue weighted by molar-refractivity contribution is -0.139. The summed E-state index contributed by atoms with van der Waals surface area (Å²) in [6.45, 7) is 4.27. The average molecular weight is 567 g/mol. The molecule has 198 valence electrons. The van der Waals surface area contributed by atoms with Gasteiger partial charge in [-0.1, -0.05) is 11.6 Å². The molecular weight excluding hydrogens is 540 g/mol. The van der Waals surface area contributed by atoms with Gasteiger partial charge in [-0.3, -0.25) is 9.78 Å². The molecule has 1 N–H and O–H groups in total. The van der Waals surface area contributed by atoms with Crippen LogP contribution < -0.4 is 0 Å². The third kappa shape index (κ3) is 6.21. The summed E-state index contributed by atoms with van der Waals surface area (Å²) in [5, 5.41) is 11.8. The largest absolute Gasteiger partial charge is 0.443 e. The van der Waals surface area contributed by atoms with Gasteiger partial charge in [0.1, 0.15) is 5.60 Å². The molecule has 0 bridgehead atoms. The van der Waals surface area contributed by atoms with Crippen LogP contribution in [0.1, 0.15) is 31.3 Å². The van der Waals surface area contributed by atoms with E-state index in [1.807, 2.05) is 0 Å². The second-order valence-electron chi connectivity index (χ2n) is 9.53. The van der Waals surface area contributed by atoms with Gasteiger partial charge in [0, 0.05) is 40.3 Å². The molecule has 0 aromatic carbocycles. The number of aliphatic hydroxyl groups excluding tert-OH is 1. The first-order valence-corrected chi connectivity index (χ1v) is 14.1. The molecule has 4 rings (SSSR count). The number of aliphatic hydroxyl groups is 1. The molecule has 1 unspecified atom stereocenters. The molecule has 10 nitrogen and oxygen atoms in total. The van der Waals surface area contributed by atoms with E-state index in [4.69, 9.17) is 16.3 Å². The summed E-state index contributed by atoms with van der Waals surface area (Å²) in [6.07, 6.45) is 3.96. The van der Waals surface area contributed by atoms with E-state index in [9.17, 15) is 23.1 Å². The Hall–Kier alpha value is -2.77. The Morgan fingerprint density at radius 2 is 2.08 bits per heavy atom.